The zero-order valence-corrected chi connectivity index (χ0v) is 12.3. The molecular weight excluding hydrogens is 312 g/mol. The molecular formula is C15H14BrF2N. The van der Waals surface area contributed by atoms with E-state index in [0.717, 1.165) is 17.7 Å². The highest BCUT2D eigenvalue weighted by Gasteiger charge is 2.08. The summed E-state index contributed by atoms with van der Waals surface area (Å²) < 4.78 is 27.1. The van der Waals surface area contributed by atoms with Gasteiger partial charge >= 0.3 is 0 Å². The van der Waals surface area contributed by atoms with Gasteiger partial charge < -0.3 is 5.32 Å². The quantitative estimate of drug-likeness (QED) is 0.787. The molecule has 2 aromatic carbocycles. The van der Waals surface area contributed by atoms with Gasteiger partial charge in [-0.15, -0.1) is 0 Å². The van der Waals surface area contributed by atoms with Gasteiger partial charge in [0, 0.05) is 12.6 Å². The lowest BCUT2D eigenvalue weighted by Gasteiger charge is -2.10. The summed E-state index contributed by atoms with van der Waals surface area (Å²) in [4.78, 5) is 0. The molecule has 0 aliphatic heterocycles. The van der Waals surface area contributed by atoms with E-state index in [9.17, 15) is 8.78 Å². The SMILES string of the molecule is Cc1ccc(CNc2cc(F)c(Br)cc2F)cc1C. The first-order valence-electron chi connectivity index (χ1n) is 5.92. The molecule has 1 nitrogen and oxygen atoms in total. The molecule has 0 saturated carbocycles. The molecule has 0 fully saturated rings. The second-order valence-electron chi connectivity index (χ2n) is 4.52. The lowest BCUT2D eigenvalue weighted by molar-refractivity contribution is 0.596. The van der Waals surface area contributed by atoms with Crippen LogP contribution in [0.2, 0.25) is 0 Å². The standard InChI is InChI=1S/C15H14BrF2N/c1-9-3-4-11(5-10(9)2)8-19-15-7-13(17)12(16)6-14(15)18/h3-7,19H,8H2,1-2H3. The van der Waals surface area contributed by atoms with Gasteiger partial charge in [0.05, 0.1) is 10.2 Å². The van der Waals surface area contributed by atoms with E-state index in [1.54, 1.807) is 0 Å². The maximum atomic E-state index is 13.6. The highest BCUT2D eigenvalue weighted by atomic mass is 79.9. The number of benzene rings is 2. The van der Waals surface area contributed by atoms with E-state index in [-0.39, 0.29) is 10.2 Å². The predicted octanol–water partition coefficient (Wildman–Crippen LogP) is 4.96. The Kier molecular flexibility index (Phi) is 4.20. The zero-order valence-electron chi connectivity index (χ0n) is 10.7. The number of hydrogen-bond donors (Lipinski definition) is 1. The molecule has 0 aliphatic carbocycles. The molecule has 0 atom stereocenters. The van der Waals surface area contributed by atoms with Gasteiger partial charge in [-0.2, -0.15) is 0 Å². The van der Waals surface area contributed by atoms with Crippen molar-refractivity contribution in [3.05, 3.63) is 63.1 Å². The molecule has 0 spiro atoms. The van der Waals surface area contributed by atoms with Crippen LogP contribution in [0.1, 0.15) is 16.7 Å². The Hall–Kier alpha value is -1.42. The normalized spacial score (nSPS) is 10.6. The number of rotatable bonds is 3. The first kappa shape index (κ1) is 14.0. The van der Waals surface area contributed by atoms with Crippen molar-refractivity contribution in [2.45, 2.75) is 20.4 Å². The van der Waals surface area contributed by atoms with Crippen LogP contribution in [0.3, 0.4) is 0 Å². The summed E-state index contributed by atoms with van der Waals surface area (Å²) in [6.45, 7) is 4.52. The lowest BCUT2D eigenvalue weighted by Crippen LogP contribution is -2.03. The van der Waals surface area contributed by atoms with E-state index in [0.29, 0.717) is 6.54 Å². The van der Waals surface area contributed by atoms with Gasteiger partial charge in [0.15, 0.2) is 0 Å². The Bertz CT molecular complexity index is 611. The van der Waals surface area contributed by atoms with Crippen LogP contribution in [0.4, 0.5) is 14.5 Å². The third-order valence-corrected chi connectivity index (χ3v) is 3.67. The maximum Gasteiger partial charge on any atom is 0.147 e. The number of aryl methyl sites for hydroxylation is 2. The van der Waals surface area contributed by atoms with Gasteiger partial charge in [-0.25, -0.2) is 8.78 Å². The monoisotopic (exact) mass is 325 g/mol. The van der Waals surface area contributed by atoms with Crippen LogP contribution >= 0.6 is 15.9 Å². The molecule has 0 unspecified atom stereocenters. The highest BCUT2D eigenvalue weighted by Crippen LogP contribution is 2.24. The number of anilines is 1. The van der Waals surface area contributed by atoms with Gasteiger partial charge in [0.1, 0.15) is 11.6 Å². The molecule has 19 heavy (non-hydrogen) atoms. The molecule has 0 aromatic heterocycles. The first-order valence-corrected chi connectivity index (χ1v) is 6.71. The second kappa shape index (κ2) is 5.70. The molecule has 4 heteroatoms. The fraction of sp³-hybridized carbons (Fsp3) is 0.200. The van der Waals surface area contributed by atoms with Crippen molar-refractivity contribution in [2.75, 3.05) is 5.32 Å². The van der Waals surface area contributed by atoms with Crippen molar-refractivity contribution < 1.29 is 8.78 Å². The van der Waals surface area contributed by atoms with Crippen LogP contribution < -0.4 is 5.32 Å². The largest absolute Gasteiger partial charge is 0.379 e. The van der Waals surface area contributed by atoms with Gasteiger partial charge in [-0.05, 0) is 52.5 Å². The predicted molar refractivity (Wildman–Crippen MR) is 77.3 cm³/mol. The van der Waals surface area contributed by atoms with Crippen LogP contribution in [0.15, 0.2) is 34.8 Å². The molecule has 0 radical (unpaired) electrons. The smallest absolute Gasteiger partial charge is 0.147 e. The zero-order chi connectivity index (χ0) is 14.0. The summed E-state index contributed by atoms with van der Waals surface area (Å²) in [7, 11) is 0. The van der Waals surface area contributed by atoms with Crippen LogP contribution in [0.25, 0.3) is 0 Å². The van der Waals surface area contributed by atoms with Crippen molar-refractivity contribution in [3.8, 4) is 0 Å². The average Bonchev–Trinajstić information content (AvgIpc) is 2.36. The Morgan fingerprint density at radius 2 is 1.74 bits per heavy atom. The Morgan fingerprint density at radius 1 is 1.00 bits per heavy atom. The first-order chi connectivity index (χ1) is 8.97. The highest BCUT2D eigenvalue weighted by molar-refractivity contribution is 9.10. The fourth-order valence-electron chi connectivity index (χ4n) is 1.77. The molecule has 0 bridgehead atoms. The molecule has 2 aromatic rings. The minimum Gasteiger partial charge on any atom is -0.379 e. The van der Waals surface area contributed by atoms with E-state index in [1.807, 2.05) is 32.0 Å². The third-order valence-electron chi connectivity index (χ3n) is 3.06. The fourth-order valence-corrected chi connectivity index (χ4v) is 2.08. The third kappa shape index (κ3) is 3.32. The molecule has 0 amide bonds. The van der Waals surface area contributed by atoms with E-state index in [2.05, 4.69) is 21.2 Å². The molecule has 0 heterocycles. The number of nitrogens with one attached hydrogen (secondary N) is 1. The topological polar surface area (TPSA) is 12.0 Å². The Labute approximate surface area is 119 Å². The summed E-state index contributed by atoms with van der Waals surface area (Å²) in [6.07, 6.45) is 0. The minimum absolute atomic E-state index is 0.127. The summed E-state index contributed by atoms with van der Waals surface area (Å²) in [5, 5.41) is 2.91. The van der Waals surface area contributed by atoms with E-state index < -0.39 is 11.6 Å². The number of hydrogen-bond acceptors (Lipinski definition) is 1. The van der Waals surface area contributed by atoms with Crippen molar-refractivity contribution in [2.24, 2.45) is 0 Å². The Balaban J connectivity index is 2.14. The average molecular weight is 326 g/mol. The molecule has 2 rings (SSSR count). The van der Waals surface area contributed by atoms with Crippen molar-refractivity contribution >= 4 is 21.6 Å². The van der Waals surface area contributed by atoms with E-state index in [1.165, 1.54) is 11.1 Å². The Morgan fingerprint density at radius 3 is 2.42 bits per heavy atom. The van der Waals surface area contributed by atoms with Crippen molar-refractivity contribution in [1.29, 1.82) is 0 Å². The summed E-state index contributed by atoms with van der Waals surface area (Å²) in [5.41, 5.74) is 3.59. The van der Waals surface area contributed by atoms with Crippen LogP contribution in [-0.2, 0) is 6.54 Å². The molecule has 100 valence electrons. The van der Waals surface area contributed by atoms with Crippen LogP contribution in [0.5, 0.6) is 0 Å². The molecule has 1 N–H and O–H groups in total. The van der Waals surface area contributed by atoms with Gasteiger partial charge in [0.25, 0.3) is 0 Å². The summed E-state index contributed by atoms with van der Waals surface area (Å²) in [6, 6.07) is 8.31. The van der Waals surface area contributed by atoms with Crippen molar-refractivity contribution in [3.63, 3.8) is 0 Å². The molecule has 0 saturated heterocycles. The van der Waals surface area contributed by atoms with Crippen LogP contribution in [-0.4, -0.2) is 0 Å². The minimum atomic E-state index is -0.482. The van der Waals surface area contributed by atoms with Gasteiger partial charge in [0.2, 0.25) is 0 Å². The van der Waals surface area contributed by atoms with Gasteiger partial charge in [-0.1, -0.05) is 18.2 Å². The summed E-state index contributed by atoms with van der Waals surface area (Å²) >= 11 is 2.95. The summed E-state index contributed by atoms with van der Waals surface area (Å²) in [5.74, 6) is -0.957. The maximum absolute atomic E-state index is 13.6. The molecule has 0 aliphatic rings. The van der Waals surface area contributed by atoms with Crippen molar-refractivity contribution in [1.82, 2.24) is 0 Å². The van der Waals surface area contributed by atoms with E-state index in [4.69, 9.17) is 0 Å². The van der Waals surface area contributed by atoms with Gasteiger partial charge in [-0.3, -0.25) is 0 Å². The van der Waals surface area contributed by atoms with E-state index >= 15 is 0 Å². The second-order valence-corrected chi connectivity index (χ2v) is 5.37. The number of halogens is 3. The lowest BCUT2D eigenvalue weighted by atomic mass is 10.1. The van der Waals surface area contributed by atoms with Crippen LogP contribution in [0, 0.1) is 25.5 Å².